The van der Waals surface area contributed by atoms with Crippen LogP contribution in [0.1, 0.15) is 25.3 Å². The summed E-state index contributed by atoms with van der Waals surface area (Å²) in [5.41, 5.74) is 3.76. The summed E-state index contributed by atoms with van der Waals surface area (Å²) in [6.07, 6.45) is 4.43. The number of aromatic nitrogens is 4. The van der Waals surface area contributed by atoms with Crippen molar-refractivity contribution < 1.29 is 13.2 Å². The summed E-state index contributed by atoms with van der Waals surface area (Å²) in [7, 11) is -3.36. The predicted molar refractivity (Wildman–Crippen MR) is 126 cm³/mol. The molecule has 0 radical (unpaired) electrons. The minimum absolute atomic E-state index is 0.0603. The second-order valence-corrected chi connectivity index (χ2v) is 11.2. The number of hydrogen-bond acceptors (Lipinski definition) is 8. The number of urea groups is 1. The summed E-state index contributed by atoms with van der Waals surface area (Å²) >= 11 is 1.36. The molecule has 1 N–H and O–H groups in total. The van der Waals surface area contributed by atoms with Crippen LogP contribution in [0, 0.1) is 0 Å². The zero-order valence-corrected chi connectivity index (χ0v) is 19.6. The molecule has 5 rings (SSSR count). The first-order valence-electron chi connectivity index (χ1n) is 10.7. The van der Waals surface area contributed by atoms with Crippen LogP contribution in [0.25, 0.3) is 10.7 Å². The molecule has 2 amide bonds. The van der Waals surface area contributed by atoms with Crippen LogP contribution in [0.5, 0.6) is 0 Å². The molecule has 2 aliphatic rings. The Morgan fingerprint density at radius 2 is 1.97 bits per heavy atom. The van der Waals surface area contributed by atoms with E-state index in [0.717, 1.165) is 11.3 Å². The molecule has 0 aliphatic carbocycles. The van der Waals surface area contributed by atoms with Gasteiger partial charge >= 0.3 is 6.03 Å². The Kier molecular flexibility index (Phi) is 5.49. The van der Waals surface area contributed by atoms with Crippen molar-refractivity contribution in [2.75, 3.05) is 35.0 Å². The van der Waals surface area contributed by atoms with Crippen molar-refractivity contribution in [1.29, 1.82) is 0 Å². The van der Waals surface area contributed by atoms with Crippen LogP contribution in [0.4, 0.5) is 16.3 Å². The summed E-state index contributed by atoms with van der Waals surface area (Å²) in [5, 5.41) is 11.2. The Hall–Kier alpha value is -3.12. The molecule has 3 aromatic rings. The van der Waals surface area contributed by atoms with E-state index in [2.05, 4.69) is 25.5 Å². The van der Waals surface area contributed by atoms with Gasteiger partial charge in [0.25, 0.3) is 0 Å². The lowest BCUT2D eigenvalue weighted by Gasteiger charge is -2.39. The van der Waals surface area contributed by atoms with E-state index >= 15 is 0 Å². The quantitative estimate of drug-likeness (QED) is 0.603. The van der Waals surface area contributed by atoms with E-state index in [4.69, 9.17) is 0 Å². The normalized spacial score (nSPS) is 17.2. The first-order chi connectivity index (χ1) is 15.9. The molecule has 0 saturated carbocycles. The topological polar surface area (TPSA) is 121 Å². The van der Waals surface area contributed by atoms with Crippen molar-refractivity contribution in [3.63, 3.8) is 0 Å². The fraction of sp³-hybridized carbons (Fsp3) is 0.381. The average Bonchev–Trinajstić information content (AvgIpc) is 3.48. The predicted octanol–water partition coefficient (Wildman–Crippen LogP) is 2.73. The fourth-order valence-corrected chi connectivity index (χ4v) is 6.26. The monoisotopic (exact) mass is 485 g/mol. The van der Waals surface area contributed by atoms with E-state index in [1.54, 1.807) is 27.8 Å². The van der Waals surface area contributed by atoms with Crippen LogP contribution in [0.15, 0.2) is 42.2 Å². The van der Waals surface area contributed by atoms with Gasteiger partial charge < -0.3 is 4.90 Å². The van der Waals surface area contributed by atoms with Gasteiger partial charge in [0.2, 0.25) is 10.0 Å². The van der Waals surface area contributed by atoms with Crippen molar-refractivity contribution in [3.8, 4) is 10.7 Å². The van der Waals surface area contributed by atoms with Gasteiger partial charge in [-0.05, 0) is 31.4 Å². The van der Waals surface area contributed by atoms with E-state index in [-0.39, 0.29) is 17.2 Å². The number of sulfonamides is 1. The Balaban J connectivity index is 1.27. The highest BCUT2D eigenvalue weighted by Crippen LogP contribution is 2.48. The van der Waals surface area contributed by atoms with E-state index in [0.29, 0.717) is 49.0 Å². The minimum Gasteiger partial charge on any atom is -0.324 e. The van der Waals surface area contributed by atoms with Gasteiger partial charge in [0.1, 0.15) is 11.2 Å². The summed E-state index contributed by atoms with van der Waals surface area (Å²) in [5.74, 6) is 0.421. The molecule has 1 saturated heterocycles. The SMILES string of the molecule is CCS(=O)(=O)N1CC2(CCN(C(=O)Nc3cnc(-c4nncs4)cn3)CC2)c2ccccc21. The lowest BCUT2D eigenvalue weighted by Crippen LogP contribution is -2.49. The molecule has 1 aromatic carbocycles. The molecule has 0 bridgehead atoms. The number of nitrogens with zero attached hydrogens (tertiary/aromatic N) is 6. The minimum atomic E-state index is -3.36. The lowest BCUT2D eigenvalue weighted by atomic mass is 9.74. The van der Waals surface area contributed by atoms with Crippen molar-refractivity contribution in [1.82, 2.24) is 25.1 Å². The fourth-order valence-electron chi connectivity index (χ4n) is 4.53. The van der Waals surface area contributed by atoms with Crippen LogP contribution in [0.3, 0.4) is 0 Å². The number of para-hydroxylation sites is 1. The maximum absolute atomic E-state index is 12.8. The molecule has 10 nitrogen and oxygen atoms in total. The third kappa shape index (κ3) is 3.93. The number of rotatable bonds is 4. The van der Waals surface area contributed by atoms with Crippen LogP contribution in [-0.4, -0.2) is 64.9 Å². The van der Waals surface area contributed by atoms with E-state index in [1.165, 1.54) is 17.5 Å². The lowest BCUT2D eigenvalue weighted by molar-refractivity contribution is 0.173. The highest BCUT2D eigenvalue weighted by atomic mass is 32.2. The molecule has 1 fully saturated rings. The van der Waals surface area contributed by atoms with Crippen molar-refractivity contribution in [2.24, 2.45) is 0 Å². The highest BCUT2D eigenvalue weighted by Gasteiger charge is 2.47. The number of carbonyl (C=O) groups excluding carboxylic acids is 1. The number of amides is 2. The third-order valence-corrected chi connectivity index (χ3v) is 8.81. The van der Waals surface area contributed by atoms with Crippen molar-refractivity contribution >= 4 is 38.9 Å². The summed E-state index contributed by atoms with van der Waals surface area (Å²) in [6, 6.07) is 7.47. The molecule has 0 atom stereocenters. The number of likely N-dealkylation sites (tertiary alicyclic amines) is 1. The van der Waals surface area contributed by atoms with Gasteiger partial charge in [0.05, 0.1) is 23.8 Å². The standard InChI is InChI=1S/C21H23N7O3S2/c1-2-33(30,31)28-13-21(15-5-3-4-6-17(15)28)7-9-27(10-8-21)20(29)25-18-12-22-16(11-23-18)19-26-24-14-32-19/h3-6,11-12,14H,2,7-10,13H2,1H3,(H,23,25,29). The number of hydrogen-bond donors (Lipinski definition) is 1. The number of anilines is 2. The third-order valence-electron chi connectivity index (χ3n) is 6.36. The Morgan fingerprint density at radius 3 is 2.64 bits per heavy atom. The molecule has 12 heteroatoms. The number of piperidine rings is 1. The van der Waals surface area contributed by atoms with Crippen LogP contribution < -0.4 is 9.62 Å². The molecule has 2 aromatic heterocycles. The van der Waals surface area contributed by atoms with E-state index in [1.807, 2.05) is 24.3 Å². The Bertz CT molecular complexity index is 1260. The van der Waals surface area contributed by atoms with Crippen molar-refractivity contribution in [3.05, 3.63) is 47.7 Å². The second kappa shape index (κ2) is 8.34. The summed E-state index contributed by atoms with van der Waals surface area (Å²) in [6.45, 7) is 3.14. The van der Waals surface area contributed by atoms with Crippen LogP contribution in [-0.2, 0) is 15.4 Å². The summed E-state index contributed by atoms with van der Waals surface area (Å²) in [4.78, 5) is 23.1. The molecule has 4 heterocycles. The number of carbonyl (C=O) groups is 1. The van der Waals surface area contributed by atoms with Gasteiger partial charge in [-0.3, -0.25) is 9.62 Å². The average molecular weight is 486 g/mol. The number of fused-ring (bicyclic) bond motifs is 2. The first-order valence-corrected chi connectivity index (χ1v) is 13.2. The molecule has 0 unspecified atom stereocenters. The van der Waals surface area contributed by atoms with Crippen LogP contribution in [0.2, 0.25) is 0 Å². The second-order valence-electron chi connectivity index (χ2n) is 8.15. The zero-order chi connectivity index (χ0) is 23.1. The van der Waals surface area contributed by atoms with Gasteiger partial charge in [0, 0.05) is 25.0 Å². The van der Waals surface area contributed by atoms with E-state index in [9.17, 15) is 13.2 Å². The maximum Gasteiger partial charge on any atom is 0.323 e. The largest absolute Gasteiger partial charge is 0.324 e. The molecular weight excluding hydrogens is 462 g/mol. The molecule has 172 valence electrons. The zero-order valence-electron chi connectivity index (χ0n) is 18.0. The van der Waals surface area contributed by atoms with Gasteiger partial charge in [-0.1, -0.05) is 29.5 Å². The maximum atomic E-state index is 12.8. The molecule has 1 spiro atoms. The molecule has 33 heavy (non-hydrogen) atoms. The van der Waals surface area contributed by atoms with Crippen LogP contribution >= 0.6 is 11.3 Å². The van der Waals surface area contributed by atoms with E-state index < -0.39 is 10.0 Å². The van der Waals surface area contributed by atoms with Gasteiger partial charge in [-0.2, -0.15) is 0 Å². The van der Waals surface area contributed by atoms with Crippen molar-refractivity contribution in [2.45, 2.75) is 25.2 Å². The number of nitrogens with one attached hydrogen (secondary N) is 1. The Labute approximate surface area is 195 Å². The van der Waals surface area contributed by atoms with Gasteiger partial charge in [-0.15, -0.1) is 10.2 Å². The first kappa shape index (κ1) is 21.7. The summed E-state index contributed by atoms with van der Waals surface area (Å²) < 4.78 is 26.9. The molecular formula is C21H23N7O3S2. The highest BCUT2D eigenvalue weighted by molar-refractivity contribution is 7.92. The number of benzene rings is 1. The van der Waals surface area contributed by atoms with Gasteiger partial charge in [0.15, 0.2) is 10.8 Å². The Morgan fingerprint density at radius 1 is 1.18 bits per heavy atom. The molecule has 2 aliphatic heterocycles. The smallest absolute Gasteiger partial charge is 0.323 e. The van der Waals surface area contributed by atoms with Gasteiger partial charge in [-0.25, -0.2) is 23.2 Å².